The van der Waals surface area contributed by atoms with Crippen molar-refractivity contribution in [2.24, 2.45) is 5.92 Å². The van der Waals surface area contributed by atoms with Gasteiger partial charge in [-0.15, -0.1) is 0 Å². The average Bonchev–Trinajstić information content (AvgIpc) is 3.11. The number of hydrogen-bond donors (Lipinski definition) is 2. The van der Waals surface area contributed by atoms with Crippen LogP contribution in [0.15, 0.2) is 34.9 Å². The molecule has 1 aliphatic heterocycles. The van der Waals surface area contributed by atoms with Gasteiger partial charge in [0.1, 0.15) is 11.4 Å². The van der Waals surface area contributed by atoms with Crippen LogP contribution in [0.4, 0.5) is 10.5 Å². The molecule has 134 valence electrons. The van der Waals surface area contributed by atoms with Crippen LogP contribution in [-0.2, 0) is 13.0 Å². The Bertz CT molecular complexity index is 713. The van der Waals surface area contributed by atoms with E-state index in [1.165, 1.54) is 5.56 Å². The topological polar surface area (TPSA) is 70.4 Å². The zero-order valence-corrected chi connectivity index (χ0v) is 15.1. The molecule has 1 aromatic carbocycles. The number of likely N-dealkylation sites (tertiary alicyclic amines) is 1. The van der Waals surface area contributed by atoms with Crippen LogP contribution in [0.3, 0.4) is 0 Å². The van der Waals surface area contributed by atoms with Gasteiger partial charge in [0.15, 0.2) is 5.76 Å². The van der Waals surface area contributed by atoms with Crippen LogP contribution in [0.25, 0.3) is 0 Å². The molecule has 2 aromatic rings. The summed E-state index contributed by atoms with van der Waals surface area (Å²) in [6.07, 6.45) is 0.720. The van der Waals surface area contributed by atoms with E-state index in [1.807, 2.05) is 19.9 Å². The number of carbonyl (C=O) groups excluding carboxylic acids is 1. The van der Waals surface area contributed by atoms with Gasteiger partial charge in [0.2, 0.25) is 0 Å². The van der Waals surface area contributed by atoms with Crippen molar-refractivity contribution >= 4 is 11.7 Å². The van der Waals surface area contributed by atoms with Gasteiger partial charge in [-0.3, -0.25) is 4.90 Å². The van der Waals surface area contributed by atoms with Crippen molar-refractivity contribution in [1.82, 2.24) is 15.4 Å². The van der Waals surface area contributed by atoms with Crippen LogP contribution in [0.5, 0.6) is 0 Å². The molecule has 6 nitrogen and oxygen atoms in total. The maximum atomic E-state index is 12.4. The van der Waals surface area contributed by atoms with Gasteiger partial charge in [-0.1, -0.05) is 49.3 Å². The molecule has 0 bridgehead atoms. The summed E-state index contributed by atoms with van der Waals surface area (Å²) in [7, 11) is 0. The first kappa shape index (κ1) is 17.5. The van der Waals surface area contributed by atoms with Crippen LogP contribution in [0.2, 0.25) is 0 Å². The van der Waals surface area contributed by atoms with Gasteiger partial charge in [0.25, 0.3) is 0 Å². The zero-order valence-electron chi connectivity index (χ0n) is 15.1. The number of hydrogen-bond acceptors (Lipinski definition) is 4. The minimum Gasteiger partial charge on any atom is -0.359 e. The minimum atomic E-state index is -0.195. The second-order valence-corrected chi connectivity index (χ2v) is 6.78. The van der Waals surface area contributed by atoms with Crippen molar-refractivity contribution in [3.05, 3.63) is 47.3 Å². The first-order valence-electron chi connectivity index (χ1n) is 8.85. The average molecular weight is 342 g/mol. The third kappa shape index (κ3) is 4.20. The zero-order chi connectivity index (χ0) is 17.8. The number of urea groups is 1. The monoisotopic (exact) mass is 342 g/mol. The van der Waals surface area contributed by atoms with Crippen LogP contribution < -0.4 is 10.6 Å². The summed E-state index contributed by atoms with van der Waals surface area (Å²) in [4.78, 5) is 14.8. The molecule has 2 atom stereocenters. The highest BCUT2D eigenvalue weighted by Crippen LogP contribution is 2.22. The van der Waals surface area contributed by atoms with Gasteiger partial charge >= 0.3 is 6.03 Å². The molecule has 3 rings (SSSR count). The van der Waals surface area contributed by atoms with Crippen molar-refractivity contribution in [2.75, 3.05) is 18.4 Å². The Morgan fingerprint density at radius 1 is 1.32 bits per heavy atom. The lowest BCUT2D eigenvalue weighted by atomic mass is 10.1. The standard InChI is InChI=1S/C19H26N4O2/c1-4-16-18(14(3)25-22-16)21-19(24)20-17-12-23(10-13(17)2)11-15-8-6-5-7-9-15/h5-9,13,17H,4,10-12H2,1-3H3,(H2,20,21,24)/t13-,17-/m1/s1. The van der Waals surface area contributed by atoms with Gasteiger partial charge in [0.05, 0.1) is 0 Å². The highest BCUT2D eigenvalue weighted by molar-refractivity contribution is 5.90. The molecule has 2 heterocycles. The first-order valence-corrected chi connectivity index (χ1v) is 8.85. The minimum absolute atomic E-state index is 0.133. The Hall–Kier alpha value is -2.34. The van der Waals surface area contributed by atoms with Crippen molar-refractivity contribution in [1.29, 1.82) is 0 Å². The van der Waals surface area contributed by atoms with Crippen LogP contribution >= 0.6 is 0 Å². The van der Waals surface area contributed by atoms with Gasteiger partial charge < -0.3 is 15.2 Å². The highest BCUT2D eigenvalue weighted by Gasteiger charge is 2.31. The van der Waals surface area contributed by atoms with E-state index in [2.05, 4.69) is 51.9 Å². The maximum Gasteiger partial charge on any atom is 0.319 e. The second kappa shape index (κ2) is 7.70. The molecule has 1 saturated heterocycles. The first-order chi connectivity index (χ1) is 12.1. The summed E-state index contributed by atoms with van der Waals surface area (Å²) < 4.78 is 5.16. The number of aromatic nitrogens is 1. The Balaban J connectivity index is 1.55. The maximum absolute atomic E-state index is 12.4. The normalized spacial score (nSPS) is 20.6. The molecule has 0 saturated carbocycles. The highest BCUT2D eigenvalue weighted by atomic mass is 16.5. The summed E-state index contributed by atoms with van der Waals surface area (Å²) in [5, 5.41) is 9.96. The predicted molar refractivity (Wildman–Crippen MR) is 97.4 cm³/mol. The van der Waals surface area contributed by atoms with Crippen LogP contribution in [0.1, 0.15) is 30.9 Å². The van der Waals surface area contributed by atoms with Crippen LogP contribution in [0, 0.1) is 12.8 Å². The quantitative estimate of drug-likeness (QED) is 0.875. The molecule has 1 aromatic heterocycles. The number of nitrogens with zero attached hydrogens (tertiary/aromatic N) is 2. The molecule has 2 amide bonds. The van der Waals surface area contributed by atoms with Crippen molar-refractivity contribution in [3.63, 3.8) is 0 Å². The molecule has 1 fully saturated rings. The number of benzene rings is 1. The Morgan fingerprint density at radius 3 is 2.80 bits per heavy atom. The summed E-state index contributed by atoms with van der Waals surface area (Å²) in [5.74, 6) is 1.04. The molecule has 0 unspecified atom stereocenters. The van der Waals surface area contributed by atoms with E-state index in [0.717, 1.165) is 31.7 Å². The second-order valence-electron chi connectivity index (χ2n) is 6.78. The fourth-order valence-electron chi connectivity index (χ4n) is 3.36. The van der Waals surface area contributed by atoms with Crippen molar-refractivity contribution < 1.29 is 9.32 Å². The third-order valence-corrected chi connectivity index (χ3v) is 4.76. The van der Waals surface area contributed by atoms with Gasteiger partial charge in [0, 0.05) is 25.7 Å². The van der Waals surface area contributed by atoms with E-state index in [9.17, 15) is 4.79 Å². The number of nitrogens with one attached hydrogen (secondary N) is 2. The van der Waals surface area contributed by atoms with E-state index in [-0.39, 0.29) is 12.1 Å². The Labute approximate surface area is 148 Å². The number of anilines is 1. The number of rotatable bonds is 5. The van der Waals surface area contributed by atoms with Gasteiger partial charge in [-0.25, -0.2) is 4.79 Å². The Kier molecular flexibility index (Phi) is 5.38. The van der Waals surface area contributed by atoms with E-state index < -0.39 is 0 Å². The summed E-state index contributed by atoms with van der Waals surface area (Å²) in [5.41, 5.74) is 2.76. The molecule has 0 radical (unpaired) electrons. The van der Waals surface area contributed by atoms with Crippen molar-refractivity contribution in [3.8, 4) is 0 Å². The summed E-state index contributed by atoms with van der Waals surface area (Å²) >= 11 is 0. The molecule has 25 heavy (non-hydrogen) atoms. The fourth-order valence-corrected chi connectivity index (χ4v) is 3.36. The number of carbonyl (C=O) groups is 1. The number of amides is 2. The molecule has 1 aliphatic rings. The van der Waals surface area contributed by atoms with Gasteiger partial charge in [-0.05, 0) is 24.8 Å². The molecule has 0 spiro atoms. The molecule has 2 N–H and O–H groups in total. The molecule has 6 heteroatoms. The molecular weight excluding hydrogens is 316 g/mol. The Morgan fingerprint density at radius 2 is 2.08 bits per heavy atom. The third-order valence-electron chi connectivity index (χ3n) is 4.76. The summed E-state index contributed by atoms with van der Waals surface area (Å²) in [6, 6.07) is 10.4. The smallest absolute Gasteiger partial charge is 0.319 e. The van der Waals surface area contributed by atoms with Crippen molar-refractivity contribution in [2.45, 2.75) is 39.8 Å². The predicted octanol–water partition coefficient (Wildman–Crippen LogP) is 3.19. The molecular formula is C19H26N4O2. The lowest BCUT2D eigenvalue weighted by molar-refractivity contribution is 0.246. The lowest BCUT2D eigenvalue weighted by Crippen LogP contribution is -2.42. The van der Waals surface area contributed by atoms with Gasteiger partial charge in [-0.2, -0.15) is 0 Å². The summed E-state index contributed by atoms with van der Waals surface area (Å²) in [6.45, 7) is 8.72. The van der Waals surface area contributed by atoms with E-state index in [0.29, 0.717) is 17.4 Å². The largest absolute Gasteiger partial charge is 0.359 e. The number of aryl methyl sites for hydroxylation is 2. The fraction of sp³-hybridized carbons (Fsp3) is 0.474. The van der Waals surface area contributed by atoms with E-state index in [1.54, 1.807) is 0 Å². The lowest BCUT2D eigenvalue weighted by Gasteiger charge is -2.18. The molecule has 0 aliphatic carbocycles. The SMILES string of the molecule is CCc1noc(C)c1NC(=O)N[C@@H]1CN(Cc2ccccc2)C[C@H]1C. The van der Waals surface area contributed by atoms with E-state index >= 15 is 0 Å². The van der Waals surface area contributed by atoms with E-state index in [4.69, 9.17) is 4.52 Å². The van der Waals surface area contributed by atoms with Crippen LogP contribution in [-0.4, -0.2) is 35.2 Å².